The molecule has 0 aromatic heterocycles. The van der Waals surface area contributed by atoms with E-state index in [0.29, 0.717) is 11.1 Å². The van der Waals surface area contributed by atoms with Crippen LogP contribution in [0.25, 0.3) is 0 Å². The van der Waals surface area contributed by atoms with Crippen molar-refractivity contribution in [2.24, 2.45) is 5.73 Å². The van der Waals surface area contributed by atoms with Crippen LogP contribution in [0, 0.1) is 0 Å². The highest BCUT2D eigenvalue weighted by Gasteiger charge is 2.55. The number of benzene rings is 1. The van der Waals surface area contributed by atoms with Crippen molar-refractivity contribution in [1.29, 1.82) is 0 Å². The molecule has 2 unspecified atom stereocenters. The Morgan fingerprint density at radius 1 is 1.25 bits per heavy atom. The maximum Gasteiger partial charge on any atom is 0.279 e. The lowest BCUT2D eigenvalue weighted by Gasteiger charge is -2.29. The number of hydrogen-bond acceptors (Lipinski definition) is 5. The number of rotatable bonds is 3. The summed E-state index contributed by atoms with van der Waals surface area (Å²) in [6, 6.07) is 4.63. The molecule has 2 saturated heterocycles. The van der Waals surface area contributed by atoms with Crippen molar-refractivity contribution in [3.8, 4) is 0 Å². The third-order valence-corrected chi connectivity index (χ3v) is 5.84. The Kier molecular flexibility index (Phi) is 4.27. The normalized spacial score (nSPS) is 29.9. The third-order valence-electron chi connectivity index (χ3n) is 5.84. The quantitative estimate of drug-likeness (QED) is 0.735. The molecule has 3 heterocycles. The van der Waals surface area contributed by atoms with Gasteiger partial charge in [0.05, 0.1) is 12.1 Å². The van der Waals surface area contributed by atoms with Crippen LogP contribution in [0.15, 0.2) is 18.2 Å². The second-order valence-corrected chi connectivity index (χ2v) is 8.12. The Morgan fingerprint density at radius 3 is 2.64 bits per heavy atom. The fourth-order valence-electron chi connectivity index (χ4n) is 4.27. The van der Waals surface area contributed by atoms with E-state index in [9.17, 15) is 23.2 Å². The first kappa shape index (κ1) is 18.9. The maximum absolute atomic E-state index is 14.1. The average Bonchev–Trinajstić information content (AvgIpc) is 3.01. The molecule has 4 rings (SSSR count). The molecule has 3 aliphatic heterocycles. The van der Waals surface area contributed by atoms with E-state index in [4.69, 9.17) is 5.73 Å². The van der Waals surface area contributed by atoms with Crippen molar-refractivity contribution in [3.05, 3.63) is 34.9 Å². The van der Waals surface area contributed by atoms with Gasteiger partial charge in [-0.15, -0.1) is 0 Å². The summed E-state index contributed by atoms with van der Waals surface area (Å²) in [5, 5.41) is 2.27. The molecule has 0 aliphatic carbocycles. The number of likely N-dealkylation sites (tertiary alicyclic amines) is 1. The second kappa shape index (κ2) is 6.31. The molecule has 28 heavy (non-hydrogen) atoms. The number of nitrogens with one attached hydrogen (secondary N) is 1. The summed E-state index contributed by atoms with van der Waals surface area (Å²) in [6.45, 7) is 1.33. The Morgan fingerprint density at radius 2 is 2.00 bits per heavy atom. The molecule has 2 atom stereocenters. The predicted octanol–water partition coefficient (Wildman–Crippen LogP) is 0.616. The fourth-order valence-corrected chi connectivity index (χ4v) is 4.27. The van der Waals surface area contributed by atoms with Crippen molar-refractivity contribution in [2.75, 3.05) is 13.1 Å². The zero-order valence-electron chi connectivity index (χ0n) is 15.5. The van der Waals surface area contributed by atoms with Gasteiger partial charge in [0, 0.05) is 31.6 Å². The van der Waals surface area contributed by atoms with Gasteiger partial charge in [0.1, 0.15) is 6.04 Å². The molecule has 0 spiro atoms. The molecule has 3 amide bonds. The summed E-state index contributed by atoms with van der Waals surface area (Å²) in [6.07, 6.45) is 0.463. The van der Waals surface area contributed by atoms with E-state index in [0.717, 1.165) is 5.56 Å². The number of piperidine rings is 1. The minimum Gasteiger partial charge on any atom is -0.322 e. The van der Waals surface area contributed by atoms with Gasteiger partial charge in [-0.3, -0.25) is 24.6 Å². The monoisotopic (exact) mass is 392 g/mol. The molecule has 1 aromatic carbocycles. The second-order valence-electron chi connectivity index (χ2n) is 8.12. The standard InChI is InChI=1S/C19H22F2N4O3/c1-18(22)9-24(10-19(18,20)21)7-11-3-2-4-12-8-25(17(28)15(11)12)13-5-6-14(26)23-16(13)27/h2-4,13H,5-10,22H2,1H3,(H,23,26,27). The van der Waals surface area contributed by atoms with E-state index >= 15 is 0 Å². The van der Waals surface area contributed by atoms with Crippen LogP contribution in [-0.2, 0) is 22.7 Å². The predicted molar refractivity (Wildman–Crippen MR) is 95.3 cm³/mol. The molecule has 9 heteroatoms. The number of carbonyl (C=O) groups is 3. The van der Waals surface area contributed by atoms with E-state index in [2.05, 4.69) is 5.32 Å². The summed E-state index contributed by atoms with van der Waals surface area (Å²) in [5.74, 6) is -4.13. The number of fused-ring (bicyclic) bond motifs is 1. The lowest BCUT2D eigenvalue weighted by atomic mass is 9.99. The number of carbonyl (C=O) groups excluding carboxylic acids is 3. The van der Waals surface area contributed by atoms with Gasteiger partial charge in [-0.25, -0.2) is 8.78 Å². The average molecular weight is 392 g/mol. The van der Waals surface area contributed by atoms with Gasteiger partial charge >= 0.3 is 0 Å². The van der Waals surface area contributed by atoms with E-state index in [-0.39, 0.29) is 44.3 Å². The van der Waals surface area contributed by atoms with Crippen LogP contribution in [-0.4, -0.2) is 58.1 Å². The molecule has 3 N–H and O–H groups in total. The summed E-state index contributed by atoms with van der Waals surface area (Å²) in [4.78, 5) is 39.6. The van der Waals surface area contributed by atoms with Gasteiger partial charge in [-0.1, -0.05) is 18.2 Å². The summed E-state index contributed by atoms with van der Waals surface area (Å²) in [5.41, 5.74) is 5.99. The van der Waals surface area contributed by atoms with E-state index in [1.54, 1.807) is 23.1 Å². The number of hydrogen-bond donors (Lipinski definition) is 2. The molecule has 1 aromatic rings. The Bertz CT molecular complexity index is 855. The van der Waals surface area contributed by atoms with Gasteiger partial charge < -0.3 is 10.6 Å². The fraction of sp³-hybridized carbons (Fsp3) is 0.526. The number of nitrogens with two attached hydrogens (primary N) is 1. The van der Waals surface area contributed by atoms with Crippen molar-refractivity contribution in [3.63, 3.8) is 0 Å². The lowest BCUT2D eigenvalue weighted by Crippen LogP contribution is -2.52. The highest BCUT2D eigenvalue weighted by Crippen LogP contribution is 2.36. The molecule has 7 nitrogen and oxygen atoms in total. The molecule has 0 bridgehead atoms. The van der Waals surface area contributed by atoms with Crippen LogP contribution in [0.2, 0.25) is 0 Å². The minimum atomic E-state index is -3.01. The molecule has 2 fully saturated rings. The molecule has 150 valence electrons. The first-order chi connectivity index (χ1) is 13.1. The minimum absolute atomic E-state index is 0.0225. The van der Waals surface area contributed by atoms with Gasteiger partial charge in [0.15, 0.2) is 0 Å². The highest BCUT2D eigenvalue weighted by molar-refractivity contribution is 6.05. The van der Waals surface area contributed by atoms with Crippen molar-refractivity contribution >= 4 is 17.7 Å². The topological polar surface area (TPSA) is 95.7 Å². The number of halogens is 2. The largest absolute Gasteiger partial charge is 0.322 e. The first-order valence-electron chi connectivity index (χ1n) is 9.23. The number of amides is 3. The zero-order chi connectivity index (χ0) is 20.3. The van der Waals surface area contributed by atoms with Gasteiger partial charge in [-0.2, -0.15) is 0 Å². The van der Waals surface area contributed by atoms with E-state index in [1.807, 2.05) is 0 Å². The number of nitrogens with zero attached hydrogens (tertiary/aromatic N) is 2. The Labute approximate surface area is 160 Å². The molecular weight excluding hydrogens is 370 g/mol. The summed E-state index contributed by atoms with van der Waals surface area (Å²) >= 11 is 0. The molecule has 0 radical (unpaired) electrons. The lowest BCUT2D eigenvalue weighted by molar-refractivity contribution is -0.136. The van der Waals surface area contributed by atoms with Gasteiger partial charge in [0.25, 0.3) is 11.8 Å². The summed E-state index contributed by atoms with van der Waals surface area (Å²) in [7, 11) is 0. The first-order valence-corrected chi connectivity index (χ1v) is 9.23. The SMILES string of the molecule is CC1(N)CN(Cc2cccc3c2C(=O)N(C2CCC(=O)NC2=O)C3)CC1(F)F. The number of alkyl halides is 2. The van der Waals surface area contributed by atoms with E-state index in [1.165, 1.54) is 11.8 Å². The van der Waals surface area contributed by atoms with Crippen LogP contribution < -0.4 is 11.1 Å². The van der Waals surface area contributed by atoms with Crippen LogP contribution >= 0.6 is 0 Å². The Hall–Kier alpha value is -2.39. The van der Waals surface area contributed by atoms with Crippen molar-refractivity contribution < 1.29 is 23.2 Å². The smallest absolute Gasteiger partial charge is 0.279 e. The van der Waals surface area contributed by atoms with E-state index < -0.39 is 30.0 Å². The number of imide groups is 1. The summed E-state index contributed by atoms with van der Waals surface area (Å²) < 4.78 is 28.2. The molecule has 0 saturated carbocycles. The zero-order valence-corrected chi connectivity index (χ0v) is 15.5. The molecular formula is C19H22F2N4O3. The molecule has 3 aliphatic rings. The van der Waals surface area contributed by atoms with Crippen LogP contribution in [0.5, 0.6) is 0 Å². The van der Waals surface area contributed by atoms with Crippen molar-refractivity contribution in [1.82, 2.24) is 15.1 Å². The van der Waals surface area contributed by atoms with Gasteiger partial charge in [-0.05, 0) is 24.5 Å². The Balaban J connectivity index is 1.56. The maximum atomic E-state index is 14.1. The van der Waals surface area contributed by atoms with Crippen LogP contribution in [0.3, 0.4) is 0 Å². The van der Waals surface area contributed by atoms with Crippen LogP contribution in [0.1, 0.15) is 41.3 Å². The highest BCUT2D eigenvalue weighted by atomic mass is 19.3. The third kappa shape index (κ3) is 2.98. The van der Waals surface area contributed by atoms with Gasteiger partial charge in [0.2, 0.25) is 11.8 Å². The van der Waals surface area contributed by atoms with Crippen molar-refractivity contribution in [2.45, 2.75) is 50.4 Å². The van der Waals surface area contributed by atoms with Crippen LogP contribution in [0.4, 0.5) is 8.78 Å².